The van der Waals surface area contributed by atoms with Gasteiger partial charge in [0.15, 0.2) is 5.65 Å². The fraction of sp³-hybridized carbons (Fsp3) is 0.455. The molecule has 1 aromatic carbocycles. The molecule has 0 spiro atoms. The van der Waals surface area contributed by atoms with Crippen LogP contribution in [0.4, 0.5) is 13.2 Å². The molecule has 2 fully saturated rings. The Morgan fingerprint density at radius 2 is 1.90 bits per heavy atom. The smallest absolute Gasteiger partial charge is 0.493 e. The number of ether oxygens (including phenoxy) is 2. The highest BCUT2D eigenvalue weighted by atomic mass is 19.4. The highest BCUT2D eigenvalue weighted by Gasteiger charge is 2.42. The average molecular weight is 417 g/mol. The maximum Gasteiger partial charge on any atom is 0.573 e. The van der Waals surface area contributed by atoms with Gasteiger partial charge in [-0.15, -0.1) is 23.4 Å². The average Bonchev–Trinajstić information content (AvgIpc) is 3.60. The van der Waals surface area contributed by atoms with Crippen molar-refractivity contribution < 1.29 is 22.6 Å². The van der Waals surface area contributed by atoms with Crippen LogP contribution in [-0.2, 0) is 6.42 Å². The maximum absolute atomic E-state index is 12.7. The molecule has 0 N–H and O–H groups in total. The molecule has 0 radical (unpaired) electrons. The first kappa shape index (κ1) is 19.2. The number of fused-ring (bicyclic) bond motifs is 1. The summed E-state index contributed by atoms with van der Waals surface area (Å²) in [5.41, 5.74) is 2.29. The number of benzene rings is 1. The Hall–Kier alpha value is -2.77. The molecular weight excluding hydrogens is 395 g/mol. The second kappa shape index (κ2) is 7.18. The molecule has 0 amide bonds. The van der Waals surface area contributed by atoms with Crippen molar-refractivity contribution in [3.63, 3.8) is 0 Å². The van der Waals surface area contributed by atoms with E-state index in [2.05, 4.69) is 14.9 Å². The van der Waals surface area contributed by atoms with E-state index in [4.69, 9.17) is 4.74 Å². The zero-order valence-corrected chi connectivity index (χ0v) is 16.5. The topological polar surface area (TPSA) is 48.7 Å². The second-order valence-electron chi connectivity index (χ2n) is 8.26. The van der Waals surface area contributed by atoms with Crippen LogP contribution in [0.3, 0.4) is 0 Å². The normalized spacial score (nSPS) is 21.1. The summed E-state index contributed by atoms with van der Waals surface area (Å²) in [5.74, 6) is 2.48. The van der Waals surface area contributed by atoms with Crippen LogP contribution >= 0.6 is 0 Å². The Balaban J connectivity index is 1.26. The summed E-state index contributed by atoms with van der Waals surface area (Å²) >= 11 is 0. The summed E-state index contributed by atoms with van der Waals surface area (Å²) < 4.78 is 50.2. The molecule has 0 unspecified atom stereocenters. The van der Waals surface area contributed by atoms with E-state index in [-0.39, 0.29) is 17.6 Å². The van der Waals surface area contributed by atoms with Crippen molar-refractivity contribution in [1.29, 1.82) is 0 Å². The van der Waals surface area contributed by atoms with Gasteiger partial charge >= 0.3 is 6.36 Å². The molecule has 5 nitrogen and oxygen atoms in total. The van der Waals surface area contributed by atoms with Gasteiger partial charge in [-0.05, 0) is 55.7 Å². The van der Waals surface area contributed by atoms with Gasteiger partial charge in [-0.25, -0.2) is 0 Å². The van der Waals surface area contributed by atoms with Crippen LogP contribution < -0.4 is 9.47 Å². The lowest BCUT2D eigenvalue weighted by Gasteiger charge is -2.13. The number of hydrogen-bond donors (Lipinski definition) is 0. The summed E-state index contributed by atoms with van der Waals surface area (Å²) in [5, 5.41) is 8.65. The number of hydrogen-bond acceptors (Lipinski definition) is 4. The maximum atomic E-state index is 12.7. The summed E-state index contributed by atoms with van der Waals surface area (Å²) in [4.78, 5) is 0. The van der Waals surface area contributed by atoms with Gasteiger partial charge in [0.25, 0.3) is 0 Å². The number of halogens is 3. The summed E-state index contributed by atoms with van der Waals surface area (Å²) in [6.07, 6.45) is 1.48. The molecular formula is C22H22F3N3O2. The van der Waals surface area contributed by atoms with Crippen molar-refractivity contribution in [3.8, 4) is 11.5 Å². The quantitative estimate of drug-likeness (QED) is 0.539. The van der Waals surface area contributed by atoms with Crippen molar-refractivity contribution >= 4 is 5.65 Å². The minimum atomic E-state index is -4.69. The van der Waals surface area contributed by atoms with Gasteiger partial charge in [0.1, 0.15) is 17.3 Å². The van der Waals surface area contributed by atoms with E-state index in [0.717, 1.165) is 41.5 Å². The van der Waals surface area contributed by atoms with E-state index in [1.165, 1.54) is 18.9 Å². The molecule has 30 heavy (non-hydrogen) atoms. The third kappa shape index (κ3) is 3.95. The molecule has 2 atom stereocenters. The second-order valence-corrected chi connectivity index (χ2v) is 8.26. The molecule has 2 aliphatic carbocycles. The molecule has 158 valence electrons. The summed E-state index contributed by atoms with van der Waals surface area (Å²) in [6.45, 7) is 2.39. The zero-order chi connectivity index (χ0) is 20.9. The third-order valence-electron chi connectivity index (χ3n) is 5.93. The monoisotopic (exact) mass is 417 g/mol. The Labute approximate surface area is 171 Å². The fourth-order valence-electron chi connectivity index (χ4n) is 4.00. The van der Waals surface area contributed by atoms with Crippen molar-refractivity contribution in [1.82, 2.24) is 14.6 Å². The number of rotatable bonds is 7. The van der Waals surface area contributed by atoms with Gasteiger partial charge in [0.2, 0.25) is 0 Å². The van der Waals surface area contributed by atoms with Crippen molar-refractivity contribution in [3.05, 3.63) is 53.5 Å². The Bertz CT molecular complexity index is 1080. The number of aromatic nitrogens is 3. The Morgan fingerprint density at radius 1 is 1.10 bits per heavy atom. The van der Waals surface area contributed by atoms with Crippen LogP contribution in [-0.4, -0.2) is 27.6 Å². The lowest BCUT2D eigenvalue weighted by molar-refractivity contribution is -0.274. The summed E-state index contributed by atoms with van der Waals surface area (Å²) in [7, 11) is 0. The molecule has 8 heteroatoms. The highest BCUT2D eigenvalue weighted by molar-refractivity contribution is 5.54. The molecule has 5 rings (SSSR count). The van der Waals surface area contributed by atoms with E-state index in [1.54, 1.807) is 18.2 Å². The molecule has 0 aliphatic heterocycles. The Morgan fingerprint density at radius 3 is 2.67 bits per heavy atom. The molecule has 2 saturated carbocycles. The van der Waals surface area contributed by atoms with Crippen LogP contribution in [0.25, 0.3) is 5.65 Å². The standard InChI is InChI=1S/C22H22F3N3O2/c1-13-18(8-9-28-20(10-14-6-7-14)26-27-21(13)28)29-12-15-11-17(15)16-4-2-3-5-19(16)30-22(23,24)25/h2-5,8-9,14-15,17H,6-7,10-12H2,1H3/t15-,17+/m0/s1. The molecule has 2 heterocycles. The SMILES string of the molecule is Cc1c(OC[C@@H]2C[C@H]2c2ccccc2OC(F)(F)F)ccn2c(CC3CC3)nnc12. The fourth-order valence-corrected chi connectivity index (χ4v) is 4.00. The number of para-hydroxylation sites is 1. The number of aryl methyl sites for hydroxylation is 1. The van der Waals surface area contributed by atoms with Crippen LogP contribution in [0.5, 0.6) is 11.5 Å². The number of nitrogens with zero attached hydrogens (tertiary/aromatic N) is 3. The van der Waals surface area contributed by atoms with Crippen LogP contribution in [0, 0.1) is 18.8 Å². The van der Waals surface area contributed by atoms with E-state index in [1.807, 2.05) is 23.6 Å². The van der Waals surface area contributed by atoms with Gasteiger partial charge in [0.05, 0.1) is 6.61 Å². The largest absolute Gasteiger partial charge is 0.573 e. The minimum absolute atomic E-state index is 0.00539. The first-order valence-corrected chi connectivity index (χ1v) is 10.2. The lowest BCUT2D eigenvalue weighted by atomic mass is 10.1. The van der Waals surface area contributed by atoms with Crippen LogP contribution in [0.2, 0.25) is 0 Å². The van der Waals surface area contributed by atoms with Gasteiger partial charge in [-0.2, -0.15) is 0 Å². The van der Waals surface area contributed by atoms with Gasteiger partial charge < -0.3 is 9.47 Å². The predicted molar refractivity (Wildman–Crippen MR) is 104 cm³/mol. The summed E-state index contributed by atoms with van der Waals surface area (Å²) in [6, 6.07) is 8.26. The van der Waals surface area contributed by atoms with Crippen LogP contribution in [0.15, 0.2) is 36.5 Å². The van der Waals surface area contributed by atoms with Gasteiger partial charge in [0, 0.05) is 24.1 Å². The van der Waals surface area contributed by atoms with Gasteiger partial charge in [-0.1, -0.05) is 18.2 Å². The first-order valence-electron chi connectivity index (χ1n) is 10.2. The first-order chi connectivity index (χ1) is 14.4. The number of pyridine rings is 1. The highest BCUT2D eigenvalue weighted by Crippen LogP contribution is 2.51. The van der Waals surface area contributed by atoms with E-state index in [9.17, 15) is 13.2 Å². The van der Waals surface area contributed by atoms with E-state index >= 15 is 0 Å². The van der Waals surface area contributed by atoms with Crippen LogP contribution in [0.1, 0.15) is 42.1 Å². The molecule has 3 aromatic rings. The zero-order valence-electron chi connectivity index (χ0n) is 16.5. The molecule has 2 aliphatic rings. The van der Waals surface area contributed by atoms with Crippen molar-refractivity contribution in [2.75, 3.05) is 6.61 Å². The molecule has 0 bridgehead atoms. The third-order valence-corrected chi connectivity index (χ3v) is 5.93. The van der Waals surface area contributed by atoms with E-state index in [0.29, 0.717) is 12.2 Å². The predicted octanol–water partition coefficient (Wildman–Crippen LogP) is 5.07. The van der Waals surface area contributed by atoms with Gasteiger partial charge in [-0.3, -0.25) is 4.40 Å². The molecule has 0 saturated heterocycles. The number of alkyl halides is 3. The minimum Gasteiger partial charge on any atom is -0.493 e. The lowest BCUT2D eigenvalue weighted by Crippen LogP contribution is -2.18. The Kier molecular flexibility index (Phi) is 4.60. The van der Waals surface area contributed by atoms with E-state index < -0.39 is 6.36 Å². The van der Waals surface area contributed by atoms with Crippen molar-refractivity contribution in [2.24, 2.45) is 11.8 Å². The van der Waals surface area contributed by atoms with Crippen molar-refractivity contribution in [2.45, 2.75) is 44.9 Å². The molecule has 2 aromatic heterocycles.